The largest absolute Gasteiger partial charge is 0.466 e. The van der Waals surface area contributed by atoms with E-state index in [9.17, 15) is 19.8 Å². The van der Waals surface area contributed by atoms with Crippen LogP contribution in [0, 0.1) is 0 Å². The van der Waals surface area contributed by atoms with Gasteiger partial charge in [-0.15, -0.1) is 0 Å². The Morgan fingerprint density at radius 1 is 0.475 bits per heavy atom. The Bertz CT molecular complexity index is 962. The van der Waals surface area contributed by atoms with E-state index in [4.69, 9.17) is 4.74 Å². The number of hydrogen-bond donors (Lipinski definition) is 3. The third-order valence-corrected chi connectivity index (χ3v) is 11.7. The van der Waals surface area contributed by atoms with E-state index in [-0.39, 0.29) is 18.5 Å². The molecule has 2 atom stereocenters. The van der Waals surface area contributed by atoms with Crippen molar-refractivity contribution in [1.82, 2.24) is 5.32 Å². The Hall–Kier alpha value is -1.92. The quantitative estimate of drug-likeness (QED) is 0.0323. The molecule has 0 saturated carbocycles. The number of unbranched alkanes of at least 4 members (excludes halogenated alkanes) is 30. The average molecular weight is 830 g/mol. The van der Waals surface area contributed by atoms with Gasteiger partial charge in [-0.05, 0) is 70.6 Å². The van der Waals surface area contributed by atoms with Crippen molar-refractivity contribution in [2.45, 2.75) is 276 Å². The number of esters is 1. The lowest BCUT2D eigenvalue weighted by Gasteiger charge is -2.22. The van der Waals surface area contributed by atoms with Crippen LogP contribution in [0.4, 0.5) is 0 Å². The zero-order valence-electron chi connectivity index (χ0n) is 39.2. The maximum absolute atomic E-state index is 12.4. The van der Waals surface area contributed by atoms with Crippen molar-refractivity contribution < 1.29 is 24.5 Å². The van der Waals surface area contributed by atoms with Crippen LogP contribution < -0.4 is 5.32 Å². The first kappa shape index (κ1) is 57.1. The number of ether oxygens (including phenoxy) is 1. The van der Waals surface area contributed by atoms with Gasteiger partial charge in [0.1, 0.15) is 0 Å². The van der Waals surface area contributed by atoms with Crippen molar-refractivity contribution >= 4 is 11.9 Å². The molecule has 0 bridgehead atoms. The Morgan fingerprint density at radius 3 is 1.37 bits per heavy atom. The summed E-state index contributed by atoms with van der Waals surface area (Å²) in [7, 11) is 0. The number of amides is 1. The highest BCUT2D eigenvalue weighted by atomic mass is 16.5. The van der Waals surface area contributed by atoms with Crippen LogP contribution in [0.2, 0.25) is 0 Å². The van der Waals surface area contributed by atoms with E-state index in [1.165, 1.54) is 173 Å². The standard InChI is InChI=1S/C53H99NO5/c1-3-5-7-9-11-13-15-17-18-19-20-22-25-29-33-37-41-45-51(56)50(49-55)54-52(57)46-42-38-34-30-26-23-21-24-28-32-36-40-44-48-59-53(58)47-43-39-35-31-27-16-14-12-10-8-6-4-2/h12,14,23,26,34,38,50-51,55-56H,3-11,13,15-22,24-25,27-33,35-37,39-49H2,1-2H3,(H,54,57)/b14-12-,26-23-,38-34-. The van der Waals surface area contributed by atoms with Gasteiger partial charge in [0, 0.05) is 12.8 Å². The van der Waals surface area contributed by atoms with Gasteiger partial charge in [-0.25, -0.2) is 0 Å². The summed E-state index contributed by atoms with van der Waals surface area (Å²) in [6, 6.07) is -0.586. The molecule has 1 amide bonds. The zero-order valence-corrected chi connectivity index (χ0v) is 39.2. The van der Waals surface area contributed by atoms with E-state index < -0.39 is 12.1 Å². The summed E-state index contributed by atoms with van der Waals surface area (Å²) in [4.78, 5) is 24.4. The Morgan fingerprint density at radius 2 is 0.864 bits per heavy atom. The molecule has 0 aliphatic rings. The number of carbonyl (C=O) groups excluding carboxylic acids is 2. The van der Waals surface area contributed by atoms with Gasteiger partial charge in [-0.1, -0.05) is 217 Å². The molecule has 0 aliphatic heterocycles. The maximum atomic E-state index is 12.4. The van der Waals surface area contributed by atoms with E-state index in [2.05, 4.69) is 49.5 Å². The first-order chi connectivity index (χ1) is 29.0. The number of carbonyl (C=O) groups is 2. The second-order valence-corrected chi connectivity index (χ2v) is 17.5. The van der Waals surface area contributed by atoms with E-state index in [1.807, 2.05) is 6.08 Å². The van der Waals surface area contributed by atoms with E-state index in [1.54, 1.807) is 0 Å². The SMILES string of the molecule is CCCCC/C=C\CCCCCCCC(=O)OCCCCCCCC/C=C\C/C=C\CCC(=O)NC(CO)C(O)CCCCCCCCCCCCCCCCCCC. The van der Waals surface area contributed by atoms with Gasteiger partial charge in [-0.3, -0.25) is 9.59 Å². The summed E-state index contributed by atoms with van der Waals surface area (Å²) in [5.41, 5.74) is 0. The molecule has 3 N–H and O–H groups in total. The van der Waals surface area contributed by atoms with Crippen LogP contribution in [-0.4, -0.2) is 47.4 Å². The van der Waals surface area contributed by atoms with Crippen molar-refractivity contribution in [3.05, 3.63) is 36.5 Å². The molecule has 0 radical (unpaired) electrons. The lowest BCUT2D eigenvalue weighted by atomic mass is 10.0. The highest BCUT2D eigenvalue weighted by Crippen LogP contribution is 2.16. The van der Waals surface area contributed by atoms with Crippen molar-refractivity contribution in [2.75, 3.05) is 13.2 Å². The number of nitrogens with one attached hydrogen (secondary N) is 1. The van der Waals surface area contributed by atoms with Crippen LogP contribution >= 0.6 is 0 Å². The molecule has 6 nitrogen and oxygen atoms in total. The number of allylic oxidation sites excluding steroid dienone is 6. The molecule has 0 rings (SSSR count). The molecule has 0 aromatic heterocycles. The Balaban J connectivity index is 3.57. The van der Waals surface area contributed by atoms with Gasteiger partial charge >= 0.3 is 5.97 Å². The predicted molar refractivity (Wildman–Crippen MR) is 255 cm³/mol. The normalized spacial score (nSPS) is 12.9. The minimum Gasteiger partial charge on any atom is -0.466 e. The van der Waals surface area contributed by atoms with Gasteiger partial charge in [0.25, 0.3) is 0 Å². The van der Waals surface area contributed by atoms with E-state index >= 15 is 0 Å². The fourth-order valence-electron chi connectivity index (χ4n) is 7.68. The fraction of sp³-hybridized carbons (Fsp3) is 0.849. The lowest BCUT2D eigenvalue weighted by Crippen LogP contribution is -2.45. The molecule has 0 heterocycles. The minimum absolute atomic E-state index is 0.0274. The van der Waals surface area contributed by atoms with Gasteiger partial charge < -0.3 is 20.3 Å². The first-order valence-electron chi connectivity index (χ1n) is 25.7. The minimum atomic E-state index is -0.699. The molecule has 0 fully saturated rings. The summed E-state index contributed by atoms with van der Waals surface area (Å²) in [5.74, 6) is -0.143. The molecule has 0 spiro atoms. The monoisotopic (exact) mass is 830 g/mol. The molecule has 0 aromatic rings. The molecule has 0 aliphatic carbocycles. The summed E-state index contributed by atoms with van der Waals surface area (Å²) >= 11 is 0. The van der Waals surface area contributed by atoms with Crippen LogP contribution in [0.25, 0.3) is 0 Å². The van der Waals surface area contributed by atoms with Crippen LogP contribution in [0.3, 0.4) is 0 Å². The molecule has 0 saturated heterocycles. The number of rotatable bonds is 47. The molecule has 0 aromatic carbocycles. The topological polar surface area (TPSA) is 95.9 Å². The van der Waals surface area contributed by atoms with Crippen molar-refractivity contribution in [1.29, 1.82) is 0 Å². The Kier molecular flexibility index (Phi) is 47.2. The second kappa shape index (κ2) is 48.7. The van der Waals surface area contributed by atoms with Crippen molar-refractivity contribution in [3.8, 4) is 0 Å². The van der Waals surface area contributed by atoms with E-state index in [0.29, 0.717) is 32.3 Å². The van der Waals surface area contributed by atoms with Crippen LogP contribution in [-0.2, 0) is 14.3 Å². The number of aliphatic hydroxyl groups is 2. The molecule has 346 valence electrons. The maximum Gasteiger partial charge on any atom is 0.305 e. The average Bonchev–Trinajstić information content (AvgIpc) is 3.24. The van der Waals surface area contributed by atoms with Crippen LogP contribution in [0.1, 0.15) is 264 Å². The van der Waals surface area contributed by atoms with Crippen LogP contribution in [0.5, 0.6) is 0 Å². The second-order valence-electron chi connectivity index (χ2n) is 17.5. The lowest BCUT2D eigenvalue weighted by molar-refractivity contribution is -0.143. The van der Waals surface area contributed by atoms with Crippen LogP contribution in [0.15, 0.2) is 36.5 Å². The summed E-state index contributed by atoms with van der Waals surface area (Å²) in [6.45, 7) is 4.86. The third-order valence-electron chi connectivity index (χ3n) is 11.7. The van der Waals surface area contributed by atoms with Crippen molar-refractivity contribution in [2.24, 2.45) is 0 Å². The zero-order chi connectivity index (χ0) is 43.0. The number of hydrogen-bond acceptors (Lipinski definition) is 5. The summed E-state index contributed by atoms with van der Waals surface area (Å²) < 4.78 is 5.43. The van der Waals surface area contributed by atoms with Gasteiger partial charge in [0.2, 0.25) is 5.91 Å². The highest BCUT2D eigenvalue weighted by molar-refractivity contribution is 5.76. The summed E-state index contributed by atoms with van der Waals surface area (Å²) in [6.07, 6.45) is 58.4. The Labute approximate surface area is 366 Å². The molecule has 59 heavy (non-hydrogen) atoms. The molecule has 6 heteroatoms. The first-order valence-corrected chi connectivity index (χ1v) is 25.7. The predicted octanol–water partition coefficient (Wildman–Crippen LogP) is 15.3. The van der Waals surface area contributed by atoms with Crippen molar-refractivity contribution in [3.63, 3.8) is 0 Å². The fourth-order valence-corrected chi connectivity index (χ4v) is 7.68. The van der Waals surface area contributed by atoms with Gasteiger partial charge in [0.05, 0.1) is 25.4 Å². The molecular weight excluding hydrogens is 731 g/mol. The third kappa shape index (κ3) is 45.4. The smallest absolute Gasteiger partial charge is 0.305 e. The summed E-state index contributed by atoms with van der Waals surface area (Å²) in [5, 5.41) is 23.2. The number of aliphatic hydroxyl groups excluding tert-OH is 2. The highest BCUT2D eigenvalue weighted by Gasteiger charge is 2.19. The molecule has 2 unspecified atom stereocenters. The molecular formula is C53H99NO5. The van der Waals surface area contributed by atoms with Gasteiger partial charge in [0.15, 0.2) is 0 Å². The van der Waals surface area contributed by atoms with E-state index in [0.717, 1.165) is 51.4 Å². The van der Waals surface area contributed by atoms with Gasteiger partial charge in [-0.2, -0.15) is 0 Å².